The van der Waals surface area contributed by atoms with Crippen molar-refractivity contribution in [2.75, 3.05) is 42.9 Å². The van der Waals surface area contributed by atoms with E-state index in [1.54, 1.807) is 11.8 Å². The second-order valence-corrected chi connectivity index (χ2v) is 9.32. The Balaban J connectivity index is 1.80. The molecule has 3 aromatic carbocycles. The number of benzene rings is 3. The van der Waals surface area contributed by atoms with Crippen LogP contribution >= 0.6 is 23.5 Å². The lowest BCUT2D eigenvalue weighted by Gasteiger charge is -2.32. The van der Waals surface area contributed by atoms with Crippen LogP contribution in [0.4, 0.5) is 27.5 Å². The summed E-state index contributed by atoms with van der Waals surface area (Å²) in [6, 6.07) is 22.3. The number of hydrogen-bond acceptors (Lipinski definition) is 5. The zero-order valence-electron chi connectivity index (χ0n) is 16.9. The monoisotopic (exact) mass is 421 g/mol. The lowest BCUT2D eigenvalue weighted by molar-refractivity contribution is 0.266. The molecule has 0 aliphatic carbocycles. The maximum Gasteiger partial charge on any atom is 0.295 e. The summed E-state index contributed by atoms with van der Waals surface area (Å²) in [5.41, 5.74) is 4.09. The van der Waals surface area contributed by atoms with Crippen LogP contribution in [0.5, 0.6) is 0 Å². The molecule has 0 radical (unpaired) electrons. The Morgan fingerprint density at radius 3 is 1.79 bits per heavy atom. The van der Waals surface area contributed by atoms with Gasteiger partial charge in [-0.25, -0.2) is 0 Å². The van der Waals surface area contributed by atoms with E-state index in [0.717, 1.165) is 37.4 Å². The highest BCUT2D eigenvalue weighted by molar-refractivity contribution is 8.14. The smallest absolute Gasteiger partial charge is 0.295 e. The van der Waals surface area contributed by atoms with Crippen molar-refractivity contribution >= 4 is 51.5 Å². The van der Waals surface area contributed by atoms with Crippen molar-refractivity contribution in [3.63, 3.8) is 0 Å². The van der Waals surface area contributed by atoms with Gasteiger partial charge in [-0.3, -0.25) is 9.69 Å². The molecule has 3 aromatic rings. The van der Waals surface area contributed by atoms with Crippen molar-refractivity contribution in [1.29, 1.82) is 0 Å². The summed E-state index contributed by atoms with van der Waals surface area (Å²) >= 11 is 2.97. The molecule has 6 heteroatoms. The van der Waals surface area contributed by atoms with Crippen LogP contribution in [0, 0.1) is 0 Å². The van der Waals surface area contributed by atoms with Crippen molar-refractivity contribution in [2.45, 2.75) is 14.7 Å². The number of carbonyl (C=O) groups excluding carboxylic acids is 1. The van der Waals surface area contributed by atoms with Crippen LogP contribution < -0.4 is 14.7 Å². The summed E-state index contributed by atoms with van der Waals surface area (Å²) < 4.78 is 0. The normalized spacial score (nSPS) is 12.2. The van der Waals surface area contributed by atoms with E-state index in [0.29, 0.717) is 0 Å². The van der Waals surface area contributed by atoms with E-state index in [1.165, 1.54) is 11.8 Å². The number of hydrogen-bond donors (Lipinski definition) is 0. The van der Waals surface area contributed by atoms with Crippen molar-refractivity contribution < 1.29 is 4.79 Å². The molecule has 0 atom stereocenters. The van der Waals surface area contributed by atoms with E-state index < -0.39 is 0 Å². The molecule has 0 aromatic heterocycles. The van der Waals surface area contributed by atoms with Crippen molar-refractivity contribution in [3.8, 4) is 0 Å². The average Bonchev–Trinajstić information content (AvgIpc) is 2.71. The summed E-state index contributed by atoms with van der Waals surface area (Å²) in [5.74, 6) is 0. The van der Waals surface area contributed by atoms with Gasteiger partial charge in [-0.15, -0.1) is 0 Å². The minimum atomic E-state index is -0.00536. The fourth-order valence-electron chi connectivity index (χ4n) is 3.17. The van der Waals surface area contributed by atoms with Crippen LogP contribution in [0.2, 0.25) is 0 Å². The van der Waals surface area contributed by atoms with E-state index in [-0.39, 0.29) is 5.24 Å². The summed E-state index contributed by atoms with van der Waals surface area (Å²) in [7, 11) is 8.12. The first-order valence-electron chi connectivity index (χ1n) is 9.31. The van der Waals surface area contributed by atoms with Gasteiger partial charge in [0.15, 0.2) is 0 Å². The highest BCUT2D eigenvalue weighted by atomic mass is 32.2. The van der Waals surface area contributed by atoms with Gasteiger partial charge in [-0.2, -0.15) is 0 Å². The summed E-state index contributed by atoms with van der Waals surface area (Å²) in [6.07, 6.45) is 0. The highest BCUT2D eigenvalue weighted by Gasteiger charge is 2.29. The first-order valence-corrected chi connectivity index (χ1v) is 10.9. The van der Waals surface area contributed by atoms with Gasteiger partial charge in [0.2, 0.25) is 0 Å². The predicted octanol–water partition coefficient (Wildman–Crippen LogP) is 6.33. The Kier molecular flexibility index (Phi) is 5.48. The molecule has 4 nitrogen and oxygen atoms in total. The predicted molar refractivity (Wildman–Crippen MR) is 125 cm³/mol. The maximum absolute atomic E-state index is 13.4. The van der Waals surface area contributed by atoms with Crippen LogP contribution in [0.25, 0.3) is 0 Å². The standard InChI is InChI=1S/C23H23N3OS2/c1-24(2)16-10-12-19-21(14-16)29-22-15-17(25(3)4)11-13-20(22)26(19)23(27)28-18-8-6-5-7-9-18/h5-15H,1-4H3. The van der Waals surface area contributed by atoms with E-state index in [9.17, 15) is 4.79 Å². The number of carbonyl (C=O) groups is 1. The van der Waals surface area contributed by atoms with E-state index in [1.807, 2.05) is 75.6 Å². The number of amides is 1. The Hall–Kier alpha value is -2.57. The second-order valence-electron chi connectivity index (χ2n) is 7.21. The Morgan fingerprint density at radius 1 is 0.793 bits per heavy atom. The molecule has 1 amide bonds. The van der Waals surface area contributed by atoms with Crippen LogP contribution in [-0.2, 0) is 0 Å². The summed E-state index contributed by atoms with van der Waals surface area (Å²) in [6.45, 7) is 0. The fourth-order valence-corrected chi connectivity index (χ4v) is 5.08. The number of rotatable bonds is 3. The molecule has 0 saturated heterocycles. The molecule has 0 N–H and O–H groups in total. The second kappa shape index (κ2) is 8.05. The van der Waals surface area contributed by atoms with E-state index in [2.05, 4.69) is 34.1 Å². The Morgan fingerprint density at radius 2 is 1.31 bits per heavy atom. The number of fused-ring (bicyclic) bond motifs is 2. The Bertz CT molecular complexity index is 994. The third kappa shape index (κ3) is 3.95. The van der Waals surface area contributed by atoms with Gasteiger partial charge in [0, 0.05) is 54.3 Å². The molecule has 0 bridgehead atoms. The van der Waals surface area contributed by atoms with E-state index in [4.69, 9.17) is 0 Å². The number of thioether (sulfide) groups is 1. The van der Waals surface area contributed by atoms with Crippen molar-refractivity contribution in [2.24, 2.45) is 0 Å². The largest absolute Gasteiger partial charge is 0.378 e. The third-order valence-corrected chi connectivity index (χ3v) is 6.71. The topological polar surface area (TPSA) is 26.8 Å². The highest BCUT2D eigenvalue weighted by Crippen LogP contribution is 2.51. The SMILES string of the molecule is CN(C)c1ccc2c(c1)Sc1cc(N(C)C)ccc1N2C(=O)Sc1ccccc1. The number of anilines is 4. The van der Waals surface area contributed by atoms with Gasteiger partial charge in [-0.05, 0) is 60.3 Å². The van der Waals surface area contributed by atoms with Crippen LogP contribution in [0.1, 0.15) is 0 Å². The van der Waals surface area contributed by atoms with Gasteiger partial charge < -0.3 is 9.80 Å². The van der Waals surface area contributed by atoms with Crippen molar-refractivity contribution in [1.82, 2.24) is 0 Å². The van der Waals surface area contributed by atoms with Gasteiger partial charge in [-0.1, -0.05) is 30.0 Å². The van der Waals surface area contributed by atoms with Crippen LogP contribution in [-0.4, -0.2) is 33.4 Å². The van der Waals surface area contributed by atoms with Gasteiger partial charge in [0.05, 0.1) is 11.4 Å². The lowest BCUT2D eigenvalue weighted by Crippen LogP contribution is -2.25. The van der Waals surface area contributed by atoms with Crippen molar-refractivity contribution in [3.05, 3.63) is 66.7 Å². The Labute approximate surface area is 180 Å². The third-order valence-electron chi connectivity index (χ3n) is 4.75. The molecule has 0 fully saturated rings. The van der Waals surface area contributed by atoms with Gasteiger partial charge in [0.1, 0.15) is 0 Å². The van der Waals surface area contributed by atoms with E-state index >= 15 is 0 Å². The molecule has 0 spiro atoms. The minimum absolute atomic E-state index is 0.00536. The van der Waals surface area contributed by atoms with Crippen LogP contribution in [0.15, 0.2) is 81.4 Å². The van der Waals surface area contributed by atoms with Gasteiger partial charge in [0.25, 0.3) is 5.24 Å². The molecule has 29 heavy (non-hydrogen) atoms. The molecule has 1 aliphatic heterocycles. The molecular formula is C23H23N3OS2. The first kappa shape index (κ1) is 19.7. The zero-order valence-corrected chi connectivity index (χ0v) is 18.6. The molecule has 0 unspecified atom stereocenters. The molecule has 0 saturated carbocycles. The lowest BCUT2D eigenvalue weighted by atomic mass is 10.2. The molecule has 4 rings (SSSR count). The fraction of sp³-hybridized carbons (Fsp3) is 0.174. The molecule has 1 aliphatic rings. The first-order chi connectivity index (χ1) is 13.9. The number of nitrogens with zero attached hydrogens (tertiary/aromatic N) is 3. The molecule has 1 heterocycles. The van der Waals surface area contributed by atoms with Gasteiger partial charge >= 0.3 is 0 Å². The molecular weight excluding hydrogens is 398 g/mol. The average molecular weight is 422 g/mol. The minimum Gasteiger partial charge on any atom is -0.378 e. The summed E-state index contributed by atoms with van der Waals surface area (Å²) in [5, 5.41) is -0.00536. The van der Waals surface area contributed by atoms with Crippen LogP contribution in [0.3, 0.4) is 0 Å². The molecule has 148 valence electrons. The summed E-state index contributed by atoms with van der Waals surface area (Å²) in [4.78, 5) is 22.5. The quantitative estimate of drug-likeness (QED) is 0.460. The zero-order chi connectivity index (χ0) is 20.5. The maximum atomic E-state index is 13.4.